The van der Waals surface area contributed by atoms with Gasteiger partial charge in [0.1, 0.15) is 0 Å². The number of piperidine rings is 1. The molecule has 1 N–H and O–H groups in total. The molecule has 1 amide bonds. The van der Waals surface area contributed by atoms with Crippen molar-refractivity contribution in [1.29, 1.82) is 0 Å². The van der Waals surface area contributed by atoms with Gasteiger partial charge in [0.2, 0.25) is 5.91 Å². The number of aryl methyl sites for hydroxylation is 1. The van der Waals surface area contributed by atoms with Gasteiger partial charge in [-0.15, -0.1) is 0 Å². The number of aliphatic carboxylic acids is 1. The first-order valence-corrected chi connectivity index (χ1v) is 7.54. The lowest BCUT2D eigenvalue weighted by Gasteiger charge is -2.40. The molecule has 1 fully saturated rings. The zero-order valence-electron chi connectivity index (χ0n) is 13.3. The predicted octanol–water partition coefficient (Wildman–Crippen LogP) is 2.31. The van der Waals surface area contributed by atoms with Crippen molar-refractivity contribution in [3.05, 3.63) is 34.9 Å². The van der Waals surface area contributed by atoms with Gasteiger partial charge in [-0.2, -0.15) is 0 Å². The molecule has 0 bridgehead atoms. The summed E-state index contributed by atoms with van der Waals surface area (Å²) in [5, 5.41) is 9.59. The highest BCUT2D eigenvalue weighted by atomic mass is 16.5. The summed E-state index contributed by atoms with van der Waals surface area (Å²) in [5.41, 5.74) is 3.08. The Labute approximate surface area is 130 Å². The first-order chi connectivity index (χ1) is 10.5. The Morgan fingerprint density at radius 2 is 2.14 bits per heavy atom. The zero-order valence-corrected chi connectivity index (χ0v) is 13.3. The number of amides is 1. The van der Waals surface area contributed by atoms with E-state index in [0.29, 0.717) is 19.6 Å². The summed E-state index contributed by atoms with van der Waals surface area (Å²) in [6.45, 7) is 4.80. The number of carbonyl (C=O) groups excluding carboxylic acids is 1. The smallest absolute Gasteiger partial charge is 0.308 e. The Morgan fingerprint density at radius 1 is 1.41 bits per heavy atom. The van der Waals surface area contributed by atoms with Crippen molar-refractivity contribution < 1.29 is 19.4 Å². The third kappa shape index (κ3) is 3.14. The van der Waals surface area contributed by atoms with Crippen LogP contribution in [-0.2, 0) is 14.3 Å². The normalized spacial score (nSPS) is 22.0. The molecule has 120 valence electrons. The van der Waals surface area contributed by atoms with Crippen LogP contribution in [0.3, 0.4) is 0 Å². The predicted molar refractivity (Wildman–Crippen MR) is 82.6 cm³/mol. The number of rotatable bonds is 5. The number of carbonyl (C=O) groups is 2. The molecule has 1 heterocycles. The highest BCUT2D eigenvalue weighted by Gasteiger charge is 2.41. The molecule has 5 heteroatoms. The standard InChI is InChI=1S/C17H23NO4/c1-11-5-4-6-13(12(11)2)16-14(17(20)21)7-8-15(19)18(16)9-10-22-3/h4-6,14,16H,7-10H2,1-3H3,(H,20,21). The minimum atomic E-state index is -0.846. The fraction of sp³-hybridized carbons (Fsp3) is 0.529. The second-order valence-corrected chi connectivity index (χ2v) is 5.80. The maximum Gasteiger partial charge on any atom is 0.308 e. The summed E-state index contributed by atoms with van der Waals surface area (Å²) < 4.78 is 5.09. The van der Waals surface area contributed by atoms with Gasteiger partial charge in [0.05, 0.1) is 18.6 Å². The van der Waals surface area contributed by atoms with Gasteiger partial charge in [-0.3, -0.25) is 9.59 Å². The summed E-state index contributed by atoms with van der Waals surface area (Å²) in [6, 6.07) is 5.43. The molecular weight excluding hydrogens is 282 g/mol. The van der Waals surface area contributed by atoms with Crippen LogP contribution in [-0.4, -0.2) is 42.1 Å². The summed E-state index contributed by atoms with van der Waals surface area (Å²) in [7, 11) is 1.58. The van der Waals surface area contributed by atoms with E-state index in [1.165, 1.54) is 0 Å². The summed E-state index contributed by atoms with van der Waals surface area (Å²) in [6.07, 6.45) is 0.664. The molecule has 0 saturated carbocycles. The second kappa shape index (κ2) is 6.92. The summed E-state index contributed by atoms with van der Waals surface area (Å²) in [4.78, 5) is 25.7. The zero-order chi connectivity index (χ0) is 16.3. The first kappa shape index (κ1) is 16.5. The molecule has 1 aliphatic heterocycles. The van der Waals surface area contributed by atoms with E-state index < -0.39 is 17.9 Å². The summed E-state index contributed by atoms with van der Waals surface area (Å²) >= 11 is 0. The van der Waals surface area contributed by atoms with Crippen LogP contribution in [0.5, 0.6) is 0 Å². The van der Waals surface area contributed by atoms with Gasteiger partial charge < -0.3 is 14.7 Å². The fourth-order valence-electron chi connectivity index (χ4n) is 3.14. The monoisotopic (exact) mass is 305 g/mol. The van der Waals surface area contributed by atoms with Crippen molar-refractivity contribution in [2.24, 2.45) is 5.92 Å². The van der Waals surface area contributed by atoms with Crippen LogP contribution in [0.25, 0.3) is 0 Å². The van der Waals surface area contributed by atoms with Crippen molar-refractivity contribution in [3.8, 4) is 0 Å². The molecule has 1 aliphatic rings. The van der Waals surface area contributed by atoms with E-state index in [2.05, 4.69) is 0 Å². The number of carboxylic acids is 1. The van der Waals surface area contributed by atoms with E-state index in [0.717, 1.165) is 16.7 Å². The Hall–Kier alpha value is -1.88. The van der Waals surface area contributed by atoms with Gasteiger partial charge in [0, 0.05) is 20.1 Å². The van der Waals surface area contributed by atoms with Crippen LogP contribution in [0.4, 0.5) is 0 Å². The van der Waals surface area contributed by atoms with E-state index in [-0.39, 0.29) is 12.3 Å². The first-order valence-electron chi connectivity index (χ1n) is 7.54. The number of ether oxygens (including phenoxy) is 1. The lowest BCUT2D eigenvalue weighted by molar-refractivity contribution is -0.152. The molecule has 0 spiro atoms. The van der Waals surface area contributed by atoms with Crippen LogP contribution in [0, 0.1) is 19.8 Å². The SMILES string of the molecule is COCCN1C(=O)CCC(C(=O)O)C1c1cccc(C)c1C. The Morgan fingerprint density at radius 3 is 2.77 bits per heavy atom. The van der Waals surface area contributed by atoms with Gasteiger partial charge in [-0.25, -0.2) is 0 Å². The number of hydrogen-bond acceptors (Lipinski definition) is 3. The summed E-state index contributed by atoms with van der Waals surface area (Å²) in [5.74, 6) is -1.42. The van der Waals surface area contributed by atoms with E-state index in [1.807, 2.05) is 32.0 Å². The highest BCUT2D eigenvalue weighted by molar-refractivity contribution is 5.82. The van der Waals surface area contributed by atoms with E-state index in [4.69, 9.17) is 4.74 Å². The van der Waals surface area contributed by atoms with Crippen LogP contribution in [0.1, 0.15) is 35.6 Å². The fourth-order valence-corrected chi connectivity index (χ4v) is 3.14. The van der Waals surface area contributed by atoms with Gasteiger partial charge >= 0.3 is 5.97 Å². The van der Waals surface area contributed by atoms with Gasteiger partial charge in [0.25, 0.3) is 0 Å². The Kier molecular flexibility index (Phi) is 5.19. The minimum Gasteiger partial charge on any atom is -0.481 e. The third-order valence-electron chi connectivity index (χ3n) is 4.53. The van der Waals surface area contributed by atoms with Crippen molar-refractivity contribution in [3.63, 3.8) is 0 Å². The van der Waals surface area contributed by atoms with E-state index in [9.17, 15) is 14.7 Å². The Balaban J connectivity index is 2.47. The molecular formula is C17H23NO4. The van der Waals surface area contributed by atoms with Crippen molar-refractivity contribution in [2.75, 3.05) is 20.3 Å². The molecule has 1 aromatic rings. The van der Waals surface area contributed by atoms with Gasteiger partial charge in [-0.05, 0) is 37.0 Å². The number of nitrogens with zero attached hydrogens (tertiary/aromatic N) is 1. The maximum absolute atomic E-state index is 12.3. The number of likely N-dealkylation sites (tertiary alicyclic amines) is 1. The third-order valence-corrected chi connectivity index (χ3v) is 4.53. The number of hydrogen-bond donors (Lipinski definition) is 1. The van der Waals surface area contributed by atoms with Crippen molar-refractivity contribution in [2.45, 2.75) is 32.7 Å². The molecule has 2 rings (SSSR count). The molecule has 2 unspecified atom stereocenters. The van der Waals surface area contributed by atoms with Crippen LogP contribution in [0.15, 0.2) is 18.2 Å². The average Bonchev–Trinajstić information content (AvgIpc) is 2.48. The van der Waals surface area contributed by atoms with E-state index in [1.54, 1.807) is 12.0 Å². The Bertz CT molecular complexity index is 570. The molecule has 2 atom stereocenters. The second-order valence-electron chi connectivity index (χ2n) is 5.80. The molecule has 0 aromatic heterocycles. The average molecular weight is 305 g/mol. The largest absolute Gasteiger partial charge is 0.481 e. The maximum atomic E-state index is 12.3. The van der Waals surface area contributed by atoms with Crippen LogP contribution >= 0.6 is 0 Å². The number of methoxy groups -OCH3 is 1. The molecule has 22 heavy (non-hydrogen) atoms. The van der Waals surface area contributed by atoms with Crippen LogP contribution < -0.4 is 0 Å². The van der Waals surface area contributed by atoms with E-state index >= 15 is 0 Å². The molecule has 1 saturated heterocycles. The van der Waals surface area contributed by atoms with Crippen LogP contribution in [0.2, 0.25) is 0 Å². The lowest BCUT2D eigenvalue weighted by Crippen LogP contribution is -2.46. The highest BCUT2D eigenvalue weighted by Crippen LogP contribution is 2.38. The molecule has 5 nitrogen and oxygen atoms in total. The van der Waals surface area contributed by atoms with Gasteiger partial charge in [0.15, 0.2) is 0 Å². The topological polar surface area (TPSA) is 66.8 Å². The molecule has 1 aromatic carbocycles. The minimum absolute atomic E-state index is 0.000422. The molecule has 0 aliphatic carbocycles. The van der Waals surface area contributed by atoms with Crippen molar-refractivity contribution in [1.82, 2.24) is 4.90 Å². The number of benzene rings is 1. The quantitative estimate of drug-likeness (QED) is 0.906. The molecule has 0 radical (unpaired) electrons. The lowest BCUT2D eigenvalue weighted by atomic mass is 9.82. The number of carboxylic acid groups (broad SMARTS) is 1. The van der Waals surface area contributed by atoms with Gasteiger partial charge in [-0.1, -0.05) is 18.2 Å². The van der Waals surface area contributed by atoms with Crippen molar-refractivity contribution >= 4 is 11.9 Å².